The van der Waals surface area contributed by atoms with Gasteiger partial charge in [0.1, 0.15) is 0 Å². The molecule has 0 aliphatic rings. The fraction of sp³-hybridized carbons (Fsp3) is 0.643. The van der Waals surface area contributed by atoms with Crippen LogP contribution in [0.15, 0.2) is 24.4 Å². The van der Waals surface area contributed by atoms with Crippen LogP contribution >= 0.6 is 0 Å². The van der Waals surface area contributed by atoms with Gasteiger partial charge in [0.15, 0.2) is 0 Å². The van der Waals surface area contributed by atoms with Gasteiger partial charge in [-0.3, -0.25) is 4.98 Å². The second-order valence-corrected chi connectivity index (χ2v) is 5.07. The summed E-state index contributed by atoms with van der Waals surface area (Å²) in [7, 11) is 0. The molecule has 1 aromatic rings. The maximum Gasteiger partial charge on any atom is 0.0437 e. The molecule has 1 unspecified atom stereocenters. The average molecular weight is 205 g/mol. The normalized spacial score (nSPS) is 13.9. The van der Waals surface area contributed by atoms with E-state index in [1.807, 2.05) is 12.3 Å². The molecular weight excluding hydrogens is 182 g/mol. The van der Waals surface area contributed by atoms with Crippen LogP contribution in [0.25, 0.3) is 0 Å². The summed E-state index contributed by atoms with van der Waals surface area (Å²) in [5, 5.41) is 0. The van der Waals surface area contributed by atoms with Crippen LogP contribution in [0, 0.1) is 5.41 Å². The van der Waals surface area contributed by atoms with Crippen LogP contribution in [0.5, 0.6) is 0 Å². The van der Waals surface area contributed by atoms with Gasteiger partial charge in [-0.15, -0.1) is 0 Å². The van der Waals surface area contributed by atoms with Crippen molar-refractivity contribution in [1.29, 1.82) is 0 Å². The van der Waals surface area contributed by atoms with Crippen molar-refractivity contribution in [2.24, 2.45) is 5.41 Å². The first-order chi connectivity index (χ1) is 7.08. The second-order valence-electron chi connectivity index (χ2n) is 5.07. The lowest BCUT2D eigenvalue weighted by Gasteiger charge is -2.31. The van der Waals surface area contributed by atoms with Gasteiger partial charge < -0.3 is 0 Å². The zero-order valence-corrected chi connectivity index (χ0v) is 10.5. The zero-order chi connectivity index (χ0) is 11.3. The number of unbranched alkanes of at least 4 members (excludes halogenated alkanes) is 1. The lowest BCUT2D eigenvalue weighted by molar-refractivity contribution is 0.264. The third kappa shape index (κ3) is 3.33. The van der Waals surface area contributed by atoms with Gasteiger partial charge in [0.25, 0.3) is 0 Å². The first-order valence-corrected chi connectivity index (χ1v) is 5.99. The van der Waals surface area contributed by atoms with Gasteiger partial charge in [0, 0.05) is 17.8 Å². The molecule has 1 rings (SSSR count). The molecule has 1 aromatic heterocycles. The van der Waals surface area contributed by atoms with Crippen LogP contribution in [0.1, 0.15) is 58.6 Å². The topological polar surface area (TPSA) is 12.9 Å². The van der Waals surface area contributed by atoms with E-state index < -0.39 is 0 Å². The molecule has 1 heterocycles. The van der Waals surface area contributed by atoms with Crippen molar-refractivity contribution in [3.8, 4) is 0 Å². The number of aromatic nitrogens is 1. The van der Waals surface area contributed by atoms with Crippen LogP contribution in [0.2, 0.25) is 0 Å². The van der Waals surface area contributed by atoms with Crippen molar-refractivity contribution in [3.05, 3.63) is 30.1 Å². The Balaban J connectivity index is 2.70. The molecule has 1 heteroatoms. The van der Waals surface area contributed by atoms with Crippen molar-refractivity contribution in [2.75, 3.05) is 0 Å². The van der Waals surface area contributed by atoms with E-state index in [9.17, 15) is 0 Å². The van der Waals surface area contributed by atoms with Gasteiger partial charge in [-0.05, 0) is 24.0 Å². The van der Waals surface area contributed by atoms with Gasteiger partial charge in [0.2, 0.25) is 0 Å². The number of rotatable bonds is 5. The molecule has 0 fully saturated rings. The predicted molar refractivity (Wildman–Crippen MR) is 66.0 cm³/mol. The van der Waals surface area contributed by atoms with E-state index in [2.05, 4.69) is 44.8 Å². The Morgan fingerprint density at radius 2 is 2.07 bits per heavy atom. The number of hydrogen-bond donors (Lipinski definition) is 0. The predicted octanol–water partition coefficient (Wildman–Crippen LogP) is 4.40. The maximum absolute atomic E-state index is 4.45. The van der Waals surface area contributed by atoms with E-state index in [-0.39, 0.29) is 0 Å². The first-order valence-electron chi connectivity index (χ1n) is 5.99. The minimum Gasteiger partial charge on any atom is -0.261 e. The summed E-state index contributed by atoms with van der Waals surface area (Å²) in [5.41, 5.74) is 1.57. The Morgan fingerprint density at radius 3 is 2.60 bits per heavy atom. The Kier molecular flexibility index (Phi) is 4.31. The molecule has 1 nitrogen and oxygen atoms in total. The van der Waals surface area contributed by atoms with Crippen LogP contribution in [-0.4, -0.2) is 4.98 Å². The number of hydrogen-bond acceptors (Lipinski definition) is 1. The van der Waals surface area contributed by atoms with Gasteiger partial charge in [-0.25, -0.2) is 0 Å². The molecule has 0 amide bonds. The van der Waals surface area contributed by atoms with Crippen LogP contribution < -0.4 is 0 Å². The third-order valence-electron chi connectivity index (χ3n) is 3.48. The van der Waals surface area contributed by atoms with Crippen LogP contribution in [-0.2, 0) is 0 Å². The highest BCUT2D eigenvalue weighted by atomic mass is 14.7. The minimum absolute atomic E-state index is 0.352. The van der Waals surface area contributed by atoms with Gasteiger partial charge in [0.05, 0.1) is 0 Å². The largest absolute Gasteiger partial charge is 0.261 e. The van der Waals surface area contributed by atoms with E-state index in [1.54, 1.807) is 0 Å². The zero-order valence-electron chi connectivity index (χ0n) is 10.5. The molecule has 0 radical (unpaired) electrons. The standard InChI is InChI=1S/C14H23N/c1-5-6-10-14(3,4)12(2)13-9-7-8-11-15-13/h7-9,11-12H,5-6,10H2,1-4H3. The fourth-order valence-electron chi connectivity index (χ4n) is 1.88. The van der Waals surface area contributed by atoms with E-state index in [1.165, 1.54) is 25.0 Å². The molecule has 0 aliphatic heterocycles. The first kappa shape index (κ1) is 12.2. The van der Waals surface area contributed by atoms with E-state index in [0.717, 1.165) is 0 Å². The maximum atomic E-state index is 4.45. The molecule has 0 aromatic carbocycles. The summed E-state index contributed by atoms with van der Waals surface area (Å²) in [6.45, 7) is 9.24. The quantitative estimate of drug-likeness (QED) is 0.694. The molecule has 0 saturated heterocycles. The lowest BCUT2D eigenvalue weighted by Crippen LogP contribution is -2.20. The summed E-state index contributed by atoms with van der Waals surface area (Å²) in [6, 6.07) is 6.20. The number of nitrogens with zero attached hydrogens (tertiary/aromatic N) is 1. The second kappa shape index (κ2) is 5.29. The monoisotopic (exact) mass is 205 g/mol. The van der Waals surface area contributed by atoms with Crippen molar-refractivity contribution >= 4 is 0 Å². The molecule has 0 bridgehead atoms. The van der Waals surface area contributed by atoms with Crippen molar-refractivity contribution < 1.29 is 0 Å². The summed E-state index contributed by atoms with van der Waals surface area (Å²) in [4.78, 5) is 4.45. The van der Waals surface area contributed by atoms with Crippen molar-refractivity contribution in [2.45, 2.75) is 52.9 Å². The van der Waals surface area contributed by atoms with Gasteiger partial charge in [-0.2, -0.15) is 0 Å². The summed E-state index contributed by atoms with van der Waals surface area (Å²) in [6.07, 6.45) is 5.76. The molecule has 0 N–H and O–H groups in total. The Labute approximate surface area is 93.9 Å². The van der Waals surface area contributed by atoms with E-state index in [0.29, 0.717) is 11.3 Å². The van der Waals surface area contributed by atoms with E-state index >= 15 is 0 Å². The molecule has 15 heavy (non-hydrogen) atoms. The summed E-state index contributed by atoms with van der Waals surface area (Å²) in [5.74, 6) is 0.533. The van der Waals surface area contributed by atoms with Crippen LogP contribution in [0.3, 0.4) is 0 Å². The molecular formula is C14H23N. The summed E-state index contributed by atoms with van der Waals surface area (Å²) < 4.78 is 0. The fourth-order valence-corrected chi connectivity index (χ4v) is 1.88. The highest BCUT2D eigenvalue weighted by molar-refractivity contribution is 5.11. The van der Waals surface area contributed by atoms with Crippen molar-refractivity contribution in [3.63, 3.8) is 0 Å². The Hall–Kier alpha value is -0.850. The molecule has 84 valence electrons. The Morgan fingerprint density at radius 1 is 1.33 bits per heavy atom. The molecule has 1 atom stereocenters. The smallest absolute Gasteiger partial charge is 0.0437 e. The highest BCUT2D eigenvalue weighted by Gasteiger charge is 2.26. The average Bonchev–Trinajstić information content (AvgIpc) is 2.26. The minimum atomic E-state index is 0.352. The summed E-state index contributed by atoms with van der Waals surface area (Å²) >= 11 is 0. The molecule has 0 saturated carbocycles. The van der Waals surface area contributed by atoms with Gasteiger partial charge >= 0.3 is 0 Å². The molecule has 0 aliphatic carbocycles. The highest BCUT2D eigenvalue weighted by Crippen LogP contribution is 2.38. The van der Waals surface area contributed by atoms with E-state index in [4.69, 9.17) is 0 Å². The van der Waals surface area contributed by atoms with Crippen LogP contribution in [0.4, 0.5) is 0 Å². The SMILES string of the molecule is CCCCC(C)(C)C(C)c1ccccn1. The Bertz CT molecular complexity index is 277. The lowest BCUT2D eigenvalue weighted by atomic mass is 9.74. The molecule has 0 spiro atoms. The third-order valence-corrected chi connectivity index (χ3v) is 3.48. The van der Waals surface area contributed by atoms with Gasteiger partial charge in [-0.1, -0.05) is 46.6 Å². The van der Waals surface area contributed by atoms with Crippen molar-refractivity contribution in [1.82, 2.24) is 4.98 Å². The number of pyridine rings is 1.